The molecule has 4 rings (SSSR count). The van der Waals surface area contributed by atoms with Gasteiger partial charge in [0.1, 0.15) is 0 Å². The molecular weight excluding hydrogens is 336 g/mol. The molecule has 0 atom stereocenters. The maximum absolute atomic E-state index is 12.6. The van der Waals surface area contributed by atoms with Crippen molar-refractivity contribution in [3.05, 3.63) is 90.9 Å². The third-order valence-corrected chi connectivity index (χ3v) is 4.35. The molecule has 1 amide bonds. The number of pyridine rings is 1. The van der Waals surface area contributed by atoms with Crippen molar-refractivity contribution in [2.24, 2.45) is 0 Å². The Labute approximate surface area is 156 Å². The van der Waals surface area contributed by atoms with Crippen molar-refractivity contribution in [3.63, 3.8) is 0 Å². The van der Waals surface area contributed by atoms with Crippen LogP contribution in [0.5, 0.6) is 0 Å². The van der Waals surface area contributed by atoms with Crippen LogP contribution in [0.4, 0.5) is 11.4 Å². The third kappa shape index (κ3) is 3.57. The molecule has 2 aromatic heterocycles. The van der Waals surface area contributed by atoms with Crippen LogP contribution >= 0.6 is 0 Å². The second-order valence-electron chi connectivity index (χ2n) is 6.16. The fraction of sp³-hybridized carbons (Fsp3) is 0. The molecule has 0 aliphatic carbocycles. The van der Waals surface area contributed by atoms with E-state index in [1.54, 1.807) is 30.6 Å². The SMILES string of the molecule is Nc1ccc(-c2ccc[nH]2)cc1NC(=O)c1ccc(-c2cccnc2)cc1. The second-order valence-corrected chi connectivity index (χ2v) is 6.16. The minimum Gasteiger partial charge on any atom is -0.397 e. The summed E-state index contributed by atoms with van der Waals surface area (Å²) in [6, 6.07) is 20.7. The number of aromatic amines is 1. The third-order valence-electron chi connectivity index (χ3n) is 4.35. The molecule has 0 saturated heterocycles. The van der Waals surface area contributed by atoms with Gasteiger partial charge in [0, 0.05) is 35.4 Å². The number of hydrogen-bond acceptors (Lipinski definition) is 3. The number of hydrogen-bond donors (Lipinski definition) is 3. The molecule has 132 valence electrons. The highest BCUT2D eigenvalue weighted by molar-refractivity contribution is 6.06. The average Bonchev–Trinajstić information content (AvgIpc) is 3.25. The highest BCUT2D eigenvalue weighted by Gasteiger charge is 2.10. The quantitative estimate of drug-likeness (QED) is 0.469. The zero-order valence-corrected chi connectivity index (χ0v) is 14.5. The predicted molar refractivity (Wildman–Crippen MR) is 108 cm³/mol. The zero-order valence-electron chi connectivity index (χ0n) is 14.5. The Morgan fingerprint density at radius 3 is 2.44 bits per heavy atom. The number of rotatable bonds is 4. The van der Waals surface area contributed by atoms with Crippen molar-refractivity contribution < 1.29 is 4.79 Å². The largest absolute Gasteiger partial charge is 0.397 e. The molecule has 0 fully saturated rings. The average molecular weight is 354 g/mol. The first-order valence-corrected chi connectivity index (χ1v) is 8.56. The summed E-state index contributed by atoms with van der Waals surface area (Å²) in [4.78, 5) is 19.9. The number of aromatic nitrogens is 2. The monoisotopic (exact) mass is 354 g/mol. The first-order chi connectivity index (χ1) is 13.2. The Balaban J connectivity index is 1.55. The number of carbonyl (C=O) groups is 1. The number of nitrogens with two attached hydrogens (primary N) is 1. The van der Waals surface area contributed by atoms with E-state index in [1.165, 1.54) is 0 Å². The van der Waals surface area contributed by atoms with Gasteiger partial charge >= 0.3 is 0 Å². The van der Waals surface area contributed by atoms with Crippen molar-refractivity contribution in [1.82, 2.24) is 9.97 Å². The van der Waals surface area contributed by atoms with Crippen LogP contribution in [0.3, 0.4) is 0 Å². The normalized spacial score (nSPS) is 10.5. The lowest BCUT2D eigenvalue weighted by Gasteiger charge is -2.10. The molecule has 0 aliphatic rings. The molecule has 5 heteroatoms. The molecule has 0 bridgehead atoms. The lowest BCUT2D eigenvalue weighted by Crippen LogP contribution is -2.13. The summed E-state index contributed by atoms with van der Waals surface area (Å²) in [6.45, 7) is 0. The van der Waals surface area contributed by atoms with E-state index in [-0.39, 0.29) is 5.91 Å². The van der Waals surface area contributed by atoms with Crippen LogP contribution < -0.4 is 11.1 Å². The smallest absolute Gasteiger partial charge is 0.255 e. The number of nitrogens with zero attached hydrogens (tertiary/aromatic N) is 1. The van der Waals surface area contributed by atoms with Crippen molar-refractivity contribution in [3.8, 4) is 22.4 Å². The minimum atomic E-state index is -0.205. The Morgan fingerprint density at radius 2 is 1.74 bits per heavy atom. The summed E-state index contributed by atoms with van der Waals surface area (Å²) >= 11 is 0. The summed E-state index contributed by atoms with van der Waals surface area (Å²) in [5.41, 5.74) is 11.6. The van der Waals surface area contributed by atoms with Crippen LogP contribution in [0.1, 0.15) is 10.4 Å². The minimum absolute atomic E-state index is 0.205. The van der Waals surface area contributed by atoms with Gasteiger partial charge in [0.25, 0.3) is 5.91 Å². The number of nitrogens with one attached hydrogen (secondary N) is 2. The van der Waals surface area contributed by atoms with Gasteiger partial charge in [0.2, 0.25) is 0 Å². The highest BCUT2D eigenvalue weighted by Crippen LogP contribution is 2.27. The van der Waals surface area contributed by atoms with Gasteiger partial charge in [-0.2, -0.15) is 0 Å². The van der Waals surface area contributed by atoms with Gasteiger partial charge in [0.15, 0.2) is 0 Å². The maximum atomic E-state index is 12.6. The maximum Gasteiger partial charge on any atom is 0.255 e. The van der Waals surface area contributed by atoms with E-state index < -0.39 is 0 Å². The summed E-state index contributed by atoms with van der Waals surface area (Å²) < 4.78 is 0. The molecule has 4 N–H and O–H groups in total. The Morgan fingerprint density at radius 1 is 0.926 bits per heavy atom. The van der Waals surface area contributed by atoms with Crippen LogP contribution in [-0.4, -0.2) is 15.9 Å². The fourth-order valence-corrected chi connectivity index (χ4v) is 2.88. The zero-order chi connectivity index (χ0) is 18.6. The molecule has 2 heterocycles. The lowest BCUT2D eigenvalue weighted by atomic mass is 10.1. The molecule has 0 radical (unpaired) electrons. The van der Waals surface area contributed by atoms with E-state index in [4.69, 9.17) is 5.73 Å². The van der Waals surface area contributed by atoms with Crippen LogP contribution in [0.2, 0.25) is 0 Å². The van der Waals surface area contributed by atoms with Gasteiger partial charge in [-0.25, -0.2) is 0 Å². The Hall–Kier alpha value is -3.86. The molecule has 2 aromatic carbocycles. The molecule has 4 aromatic rings. The highest BCUT2D eigenvalue weighted by atomic mass is 16.1. The van der Waals surface area contributed by atoms with Crippen molar-refractivity contribution in [2.75, 3.05) is 11.1 Å². The molecule has 5 nitrogen and oxygen atoms in total. The standard InChI is InChI=1S/C22H18N4O/c23-19-10-9-17(20-4-2-12-25-20)13-21(19)26-22(27)16-7-5-15(6-8-16)18-3-1-11-24-14-18/h1-14,25H,23H2,(H,26,27). The summed E-state index contributed by atoms with van der Waals surface area (Å²) in [5, 5.41) is 2.90. The first-order valence-electron chi connectivity index (χ1n) is 8.56. The lowest BCUT2D eigenvalue weighted by molar-refractivity contribution is 0.102. The number of benzene rings is 2. The van der Waals surface area contributed by atoms with E-state index >= 15 is 0 Å². The first kappa shape index (κ1) is 16.6. The Bertz CT molecular complexity index is 1060. The van der Waals surface area contributed by atoms with Gasteiger partial charge < -0.3 is 16.0 Å². The second kappa shape index (κ2) is 7.17. The number of amides is 1. The number of anilines is 2. The molecular formula is C22H18N4O. The van der Waals surface area contributed by atoms with E-state index in [0.717, 1.165) is 22.4 Å². The molecule has 0 aliphatic heterocycles. The van der Waals surface area contributed by atoms with E-state index in [1.807, 2.05) is 54.7 Å². The van der Waals surface area contributed by atoms with Crippen molar-refractivity contribution >= 4 is 17.3 Å². The van der Waals surface area contributed by atoms with Crippen LogP contribution in [-0.2, 0) is 0 Å². The summed E-state index contributed by atoms with van der Waals surface area (Å²) in [7, 11) is 0. The molecule has 0 spiro atoms. The number of carbonyl (C=O) groups excluding carboxylic acids is 1. The summed E-state index contributed by atoms with van der Waals surface area (Å²) in [6.07, 6.45) is 5.38. The Kier molecular flexibility index (Phi) is 4.41. The van der Waals surface area contributed by atoms with Gasteiger partial charge in [0.05, 0.1) is 11.4 Å². The van der Waals surface area contributed by atoms with Gasteiger partial charge in [-0.1, -0.05) is 24.3 Å². The fourth-order valence-electron chi connectivity index (χ4n) is 2.88. The molecule has 0 saturated carbocycles. The predicted octanol–water partition coefficient (Wildman–Crippen LogP) is 4.58. The van der Waals surface area contributed by atoms with E-state index in [0.29, 0.717) is 16.9 Å². The molecule has 27 heavy (non-hydrogen) atoms. The van der Waals surface area contributed by atoms with Gasteiger partial charge in [-0.05, 0) is 53.6 Å². The van der Waals surface area contributed by atoms with Crippen molar-refractivity contribution in [2.45, 2.75) is 0 Å². The van der Waals surface area contributed by atoms with Crippen LogP contribution in [0.25, 0.3) is 22.4 Å². The van der Waals surface area contributed by atoms with Gasteiger partial charge in [-0.15, -0.1) is 0 Å². The molecule has 0 unspecified atom stereocenters. The topological polar surface area (TPSA) is 83.8 Å². The number of nitrogen functional groups attached to an aromatic ring is 1. The van der Waals surface area contributed by atoms with Crippen LogP contribution in [0, 0.1) is 0 Å². The van der Waals surface area contributed by atoms with E-state index in [9.17, 15) is 4.79 Å². The number of H-pyrrole nitrogens is 1. The van der Waals surface area contributed by atoms with Crippen LogP contribution in [0.15, 0.2) is 85.3 Å². The summed E-state index contributed by atoms with van der Waals surface area (Å²) in [5.74, 6) is -0.205. The van der Waals surface area contributed by atoms with Gasteiger partial charge in [-0.3, -0.25) is 9.78 Å². The van der Waals surface area contributed by atoms with E-state index in [2.05, 4.69) is 15.3 Å². The van der Waals surface area contributed by atoms with Crippen molar-refractivity contribution in [1.29, 1.82) is 0 Å².